The van der Waals surface area contributed by atoms with Crippen LogP contribution < -0.4 is 5.32 Å². The first kappa shape index (κ1) is 16.2. The molecular weight excluding hydrogens is 256 g/mol. The van der Waals surface area contributed by atoms with Gasteiger partial charge in [-0.25, -0.2) is 0 Å². The molecule has 0 saturated carbocycles. The molecule has 1 aromatic rings. The third kappa shape index (κ3) is 5.84. The zero-order valence-electron chi connectivity index (χ0n) is 12.3. The molecule has 0 bridgehead atoms. The number of amides is 1. The number of nitrogens with zero attached hydrogens (tertiary/aromatic N) is 1. The van der Waals surface area contributed by atoms with Crippen molar-refractivity contribution in [2.75, 3.05) is 32.1 Å². The minimum atomic E-state index is -0.262. The Bertz CT molecular complexity index is 460. The molecule has 0 radical (unpaired) electrons. The van der Waals surface area contributed by atoms with Crippen LogP contribution in [0.2, 0.25) is 0 Å². The predicted molar refractivity (Wildman–Crippen MR) is 78.6 cm³/mol. The summed E-state index contributed by atoms with van der Waals surface area (Å²) in [6.07, 6.45) is 0.294. The van der Waals surface area contributed by atoms with E-state index < -0.39 is 0 Å². The summed E-state index contributed by atoms with van der Waals surface area (Å²) in [6.45, 7) is 5.42. The topological polar surface area (TPSA) is 58.6 Å². The number of methoxy groups -OCH3 is 1. The molecule has 0 aliphatic carbocycles. The molecule has 0 aliphatic heterocycles. The van der Waals surface area contributed by atoms with Gasteiger partial charge in [-0.1, -0.05) is 19.1 Å². The summed E-state index contributed by atoms with van der Waals surface area (Å²) < 4.78 is 4.59. The fourth-order valence-electron chi connectivity index (χ4n) is 1.83. The smallest absolute Gasteiger partial charge is 0.306 e. The van der Waals surface area contributed by atoms with Crippen LogP contribution in [0.4, 0.5) is 5.69 Å². The highest BCUT2D eigenvalue weighted by Gasteiger charge is 2.11. The first-order chi connectivity index (χ1) is 9.55. The molecule has 20 heavy (non-hydrogen) atoms. The van der Waals surface area contributed by atoms with E-state index in [0.717, 1.165) is 11.3 Å². The van der Waals surface area contributed by atoms with Gasteiger partial charge >= 0.3 is 5.97 Å². The highest BCUT2D eigenvalue weighted by Crippen LogP contribution is 2.09. The molecule has 1 aromatic carbocycles. The van der Waals surface area contributed by atoms with Crippen molar-refractivity contribution < 1.29 is 14.3 Å². The summed E-state index contributed by atoms with van der Waals surface area (Å²) >= 11 is 0. The molecule has 0 fully saturated rings. The number of likely N-dealkylation sites (N-methyl/N-ethyl adjacent to an activating group) is 1. The van der Waals surface area contributed by atoms with Gasteiger partial charge in [0.05, 0.1) is 20.1 Å². The van der Waals surface area contributed by atoms with Crippen LogP contribution in [-0.2, 0) is 14.3 Å². The van der Waals surface area contributed by atoms with E-state index in [1.807, 2.05) is 43.0 Å². The second-order valence-electron chi connectivity index (χ2n) is 4.61. The van der Waals surface area contributed by atoms with Crippen LogP contribution in [-0.4, -0.2) is 43.5 Å². The average Bonchev–Trinajstić information content (AvgIpc) is 2.42. The Morgan fingerprint density at radius 2 is 2.10 bits per heavy atom. The molecule has 0 aromatic heterocycles. The summed E-state index contributed by atoms with van der Waals surface area (Å²) in [4.78, 5) is 24.9. The lowest BCUT2D eigenvalue weighted by Gasteiger charge is -2.19. The molecule has 110 valence electrons. The molecule has 0 aliphatic rings. The van der Waals surface area contributed by atoms with E-state index in [1.165, 1.54) is 7.11 Å². The molecule has 0 heterocycles. The van der Waals surface area contributed by atoms with Crippen LogP contribution in [0.25, 0.3) is 0 Å². The number of hydrogen-bond donors (Lipinski definition) is 1. The molecule has 1 amide bonds. The number of benzene rings is 1. The van der Waals surface area contributed by atoms with Crippen molar-refractivity contribution in [1.82, 2.24) is 4.90 Å². The quantitative estimate of drug-likeness (QED) is 0.773. The van der Waals surface area contributed by atoms with Gasteiger partial charge < -0.3 is 10.1 Å². The lowest BCUT2D eigenvalue weighted by molar-refractivity contribution is -0.141. The monoisotopic (exact) mass is 278 g/mol. The number of carbonyl (C=O) groups is 2. The van der Waals surface area contributed by atoms with Crippen molar-refractivity contribution in [3.05, 3.63) is 29.8 Å². The molecule has 0 atom stereocenters. The second kappa shape index (κ2) is 8.32. The fraction of sp³-hybridized carbons (Fsp3) is 0.467. The Balaban J connectivity index is 2.44. The Morgan fingerprint density at radius 3 is 2.70 bits per heavy atom. The van der Waals surface area contributed by atoms with E-state index in [0.29, 0.717) is 19.5 Å². The van der Waals surface area contributed by atoms with Gasteiger partial charge in [-0.2, -0.15) is 0 Å². The normalized spacial score (nSPS) is 10.4. The predicted octanol–water partition coefficient (Wildman–Crippen LogP) is 1.82. The van der Waals surface area contributed by atoms with Gasteiger partial charge in [0.15, 0.2) is 0 Å². The Morgan fingerprint density at radius 1 is 1.35 bits per heavy atom. The molecule has 1 rings (SSSR count). The van der Waals surface area contributed by atoms with E-state index in [4.69, 9.17) is 0 Å². The SMILES string of the molecule is CCN(CCC(=O)OC)CC(=O)Nc1cccc(C)c1. The van der Waals surface area contributed by atoms with Crippen LogP contribution in [0.1, 0.15) is 18.9 Å². The molecule has 5 nitrogen and oxygen atoms in total. The summed E-state index contributed by atoms with van der Waals surface area (Å²) in [5, 5.41) is 2.85. The number of ether oxygens (including phenoxy) is 1. The molecule has 0 saturated heterocycles. The Kier molecular flexibility index (Phi) is 6.73. The highest BCUT2D eigenvalue weighted by molar-refractivity contribution is 5.92. The number of anilines is 1. The van der Waals surface area contributed by atoms with Crippen LogP contribution in [0.5, 0.6) is 0 Å². The van der Waals surface area contributed by atoms with Gasteiger partial charge in [0.1, 0.15) is 0 Å². The number of aryl methyl sites for hydroxylation is 1. The lowest BCUT2D eigenvalue weighted by atomic mass is 10.2. The highest BCUT2D eigenvalue weighted by atomic mass is 16.5. The fourth-order valence-corrected chi connectivity index (χ4v) is 1.83. The molecule has 5 heteroatoms. The van der Waals surface area contributed by atoms with Crippen molar-refractivity contribution in [3.8, 4) is 0 Å². The maximum Gasteiger partial charge on any atom is 0.306 e. The number of hydrogen-bond acceptors (Lipinski definition) is 4. The van der Waals surface area contributed by atoms with Crippen molar-refractivity contribution in [1.29, 1.82) is 0 Å². The molecule has 1 N–H and O–H groups in total. The Hall–Kier alpha value is -1.88. The zero-order valence-corrected chi connectivity index (χ0v) is 12.3. The molecular formula is C15H22N2O3. The van der Waals surface area contributed by atoms with Crippen molar-refractivity contribution in [2.24, 2.45) is 0 Å². The summed E-state index contributed by atoms with van der Waals surface area (Å²) in [6, 6.07) is 7.66. The maximum absolute atomic E-state index is 11.9. The van der Waals surface area contributed by atoms with Crippen molar-refractivity contribution in [3.63, 3.8) is 0 Å². The van der Waals surface area contributed by atoms with Crippen LogP contribution in [0.15, 0.2) is 24.3 Å². The van der Waals surface area contributed by atoms with Crippen LogP contribution >= 0.6 is 0 Å². The number of esters is 1. The number of carbonyl (C=O) groups excluding carboxylic acids is 2. The van der Waals surface area contributed by atoms with Gasteiger partial charge in [0, 0.05) is 12.2 Å². The van der Waals surface area contributed by atoms with Gasteiger partial charge in [-0.3, -0.25) is 14.5 Å². The minimum Gasteiger partial charge on any atom is -0.469 e. The van der Waals surface area contributed by atoms with Crippen LogP contribution in [0.3, 0.4) is 0 Å². The second-order valence-corrected chi connectivity index (χ2v) is 4.61. The third-order valence-corrected chi connectivity index (χ3v) is 2.98. The van der Waals surface area contributed by atoms with Gasteiger partial charge in [0.25, 0.3) is 0 Å². The summed E-state index contributed by atoms with van der Waals surface area (Å²) in [5.74, 6) is -0.343. The van der Waals surface area contributed by atoms with Gasteiger partial charge in [-0.15, -0.1) is 0 Å². The van der Waals surface area contributed by atoms with Gasteiger partial charge in [0.2, 0.25) is 5.91 Å². The van der Waals surface area contributed by atoms with Crippen molar-refractivity contribution >= 4 is 17.6 Å². The first-order valence-electron chi connectivity index (χ1n) is 6.70. The lowest BCUT2D eigenvalue weighted by Crippen LogP contribution is -2.34. The van der Waals surface area contributed by atoms with E-state index in [-0.39, 0.29) is 18.4 Å². The van der Waals surface area contributed by atoms with Crippen molar-refractivity contribution in [2.45, 2.75) is 20.3 Å². The average molecular weight is 278 g/mol. The minimum absolute atomic E-state index is 0.0812. The Labute approximate surface area is 119 Å². The number of rotatable bonds is 7. The van der Waals surface area contributed by atoms with E-state index in [1.54, 1.807) is 0 Å². The van der Waals surface area contributed by atoms with E-state index in [9.17, 15) is 9.59 Å². The van der Waals surface area contributed by atoms with E-state index in [2.05, 4.69) is 10.1 Å². The largest absolute Gasteiger partial charge is 0.469 e. The zero-order chi connectivity index (χ0) is 15.0. The van der Waals surface area contributed by atoms with Crippen LogP contribution in [0, 0.1) is 6.92 Å². The van der Waals surface area contributed by atoms with E-state index >= 15 is 0 Å². The number of nitrogens with one attached hydrogen (secondary N) is 1. The molecule has 0 spiro atoms. The third-order valence-electron chi connectivity index (χ3n) is 2.98. The molecule has 0 unspecified atom stereocenters. The first-order valence-corrected chi connectivity index (χ1v) is 6.70. The standard InChI is InChI=1S/C15H22N2O3/c1-4-17(9-8-15(19)20-3)11-14(18)16-13-7-5-6-12(2)10-13/h5-7,10H,4,8-9,11H2,1-3H3,(H,16,18). The maximum atomic E-state index is 11.9. The summed E-state index contributed by atoms with van der Waals surface area (Å²) in [7, 11) is 1.36. The summed E-state index contributed by atoms with van der Waals surface area (Å²) in [5.41, 5.74) is 1.89. The van der Waals surface area contributed by atoms with Gasteiger partial charge in [-0.05, 0) is 31.2 Å².